The Bertz CT molecular complexity index is 155. The zero-order valence-corrected chi connectivity index (χ0v) is 5.96. The molecule has 0 aliphatic heterocycles. The first kappa shape index (κ1) is 6.01. The van der Waals surface area contributed by atoms with E-state index in [-0.39, 0.29) is 6.09 Å². The van der Waals surface area contributed by atoms with Crippen molar-refractivity contribution >= 4 is 6.09 Å². The number of alkyl carbamates (subject to hydrolysis) is 1. The van der Waals surface area contributed by atoms with Crippen molar-refractivity contribution in [3.05, 3.63) is 0 Å². The van der Waals surface area contributed by atoms with E-state index in [2.05, 4.69) is 10.1 Å². The van der Waals surface area contributed by atoms with Crippen LogP contribution >= 0.6 is 0 Å². The topological polar surface area (TPSA) is 38.3 Å². The Hall–Kier alpha value is -0.730. The Morgan fingerprint density at radius 3 is 2.40 bits per heavy atom. The molecule has 0 atom stereocenters. The Kier molecular flexibility index (Phi) is 1.13. The molecule has 3 saturated carbocycles. The summed E-state index contributed by atoms with van der Waals surface area (Å²) in [6.45, 7) is 0. The third kappa shape index (κ3) is 0.632. The molecule has 3 aliphatic rings. The van der Waals surface area contributed by atoms with E-state index in [1.807, 2.05) is 0 Å². The van der Waals surface area contributed by atoms with Crippen molar-refractivity contribution in [3.63, 3.8) is 0 Å². The number of nitrogens with one attached hydrogen (secondary N) is 1. The Morgan fingerprint density at radius 1 is 1.50 bits per heavy atom. The average molecular weight is 141 g/mol. The molecule has 0 radical (unpaired) electrons. The molecule has 1 amide bonds. The van der Waals surface area contributed by atoms with E-state index in [0.717, 1.165) is 11.8 Å². The lowest BCUT2D eigenvalue weighted by atomic mass is 9.52. The molecule has 3 fully saturated rings. The smallest absolute Gasteiger partial charge is 0.407 e. The largest absolute Gasteiger partial charge is 0.453 e. The molecule has 1 N–H and O–H groups in total. The highest BCUT2D eigenvalue weighted by Gasteiger charge is 2.53. The summed E-state index contributed by atoms with van der Waals surface area (Å²) in [4.78, 5) is 10.6. The van der Waals surface area contributed by atoms with Gasteiger partial charge in [0, 0.05) is 6.04 Å². The molecule has 10 heavy (non-hydrogen) atoms. The van der Waals surface area contributed by atoms with Crippen LogP contribution < -0.4 is 5.32 Å². The molecule has 2 bridgehead atoms. The van der Waals surface area contributed by atoms with Crippen molar-refractivity contribution in [2.75, 3.05) is 7.11 Å². The first-order valence-corrected chi connectivity index (χ1v) is 3.65. The third-order valence-corrected chi connectivity index (χ3v) is 2.70. The molecule has 3 nitrogen and oxygen atoms in total. The number of carbonyl (C=O) groups excluding carboxylic acids is 1. The zero-order valence-electron chi connectivity index (χ0n) is 5.96. The van der Waals surface area contributed by atoms with Crippen LogP contribution in [0.1, 0.15) is 12.8 Å². The average Bonchev–Trinajstić information content (AvgIpc) is 1.77. The van der Waals surface area contributed by atoms with Crippen LogP contribution in [0.25, 0.3) is 0 Å². The van der Waals surface area contributed by atoms with E-state index in [0.29, 0.717) is 6.04 Å². The van der Waals surface area contributed by atoms with Crippen LogP contribution in [-0.2, 0) is 4.74 Å². The lowest BCUT2D eigenvalue weighted by Gasteiger charge is -2.57. The van der Waals surface area contributed by atoms with Crippen molar-refractivity contribution in [2.24, 2.45) is 11.8 Å². The Balaban J connectivity index is 1.77. The Labute approximate surface area is 59.7 Å². The van der Waals surface area contributed by atoms with Gasteiger partial charge in [0.25, 0.3) is 0 Å². The molecule has 0 unspecified atom stereocenters. The van der Waals surface area contributed by atoms with Crippen molar-refractivity contribution in [1.29, 1.82) is 0 Å². The van der Waals surface area contributed by atoms with Gasteiger partial charge in [0.1, 0.15) is 0 Å². The van der Waals surface area contributed by atoms with Gasteiger partial charge in [-0.05, 0) is 24.7 Å². The van der Waals surface area contributed by atoms with Gasteiger partial charge in [-0.15, -0.1) is 0 Å². The summed E-state index contributed by atoms with van der Waals surface area (Å²) in [6.07, 6.45) is 2.35. The van der Waals surface area contributed by atoms with Crippen LogP contribution in [0.5, 0.6) is 0 Å². The second kappa shape index (κ2) is 1.87. The molecule has 3 heteroatoms. The minimum Gasteiger partial charge on any atom is -0.453 e. The summed E-state index contributed by atoms with van der Waals surface area (Å²) in [5.74, 6) is 1.54. The summed E-state index contributed by atoms with van der Waals surface area (Å²) in [5, 5.41) is 2.80. The van der Waals surface area contributed by atoms with Crippen LogP contribution in [0.3, 0.4) is 0 Å². The number of methoxy groups -OCH3 is 1. The van der Waals surface area contributed by atoms with E-state index < -0.39 is 0 Å². The summed E-state index contributed by atoms with van der Waals surface area (Å²) in [5.41, 5.74) is 0. The maximum absolute atomic E-state index is 10.6. The van der Waals surface area contributed by atoms with E-state index >= 15 is 0 Å². The van der Waals surface area contributed by atoms with Crippen molar-refractivity contribution in [1.82, 2.24) is 5.32 Å². The third-order valence-electron chi connectivity index (χ3n) is 2.70. The number of ether oxygens (including phenoxy) is 1. The summed E-state index contributed by atoms with van der Waals surface area (Å²) >= 11 is 0. The maximum atomic E-state index is 10.6. The molecule has 0 aromatic carbocycles. The van der Waals surface area contributed by atoms with Gasteiger partial charge >= 0.3 is 6.09 Å². The van der Waals surface area contributed by atoms with Gasteiger partial charge in [0.15, 0.2) is 0 Å². The van der Waals surface area contributed by atoms with Crippen LogP contribution in [0.4, 0.5) is 4.79 Å². The van der Waals surface area contributed by atoms with E-state index in [1.54, 1.807) is 0 Å². The van der Waals surface area contributed by atoms with Crippen molar-refractivity contribution < 1.29 is 9.53 Å². The molecule has 0 aromatic heterocycles. The van der Waals surface area contributed by atoms with Gasteiger partial charge in [0.2, 0.25) is 0 Å². The summed E-state index contributed by atoms with van der Waals surface area (Å²) < 4.78 is 4.48. The second-order valence-electron chi connectivity index (χ2n) is 3.15. The first-order chi connectivity index (χ1) is 4.81. The molecule has 0 aromatic rings. The second-order valence-corrected chi connectivity index (χ2v) is 3.15. The van der Waals surface area contributed by atoms with E-state index in [4.69, 9.17) is 0 Å². The minimum absolute atomic E-state index is 0.278. The van der Waals surface area contributed by atoms with Crippen LogP contribution in [0.15, 0.2) is 0 Å². The molecule has 3 rings (SSSR count). The fraction of sp³-hybridized carbons (Fsp3) is 0.857. The van der Waals surface area contributed by atoms with Crippen molar-refractivity contribution in [2.45, 2.75) is 18.9 Å². The highest BCUT2D eigenvalue weighted by atomic mass is 16.5. The first-order valence-electron chi connectivity index (χ1n) is 3.65. The lowest BCUT2D eigenvalue weighted by molar-refractivity contribution is -0.0383. The maximum Gasteiger partial charge on any atom is 0.407 e. The lowest BCUT2D eigenvalue weighted by Crippen LogP contribution is -2.63. The van der Waals surface area contributed by atoms with Gasteiger partial charge in [0.05, 0.1) is 7.11 Å². The zero-order chi connectivity index (χ0) is 7.14. The fourth-order valence-electron chi connectivity index (χ4n) is 1.72. The monoisotopic (exact) mass is 141 g/mol. The summed E-state index contributed by atoms with van der Waals surface area (Å²) in [6, 6.07) is 0.451. The number of amides is 1. The molecule has 56 valence electrons. The number of hydrogen-bond donors (Lipinski definition) is 1. The van der Waals surface area contributed by atoms with Gasteiger partial charge < -0.3 is 10.1 Å². The standard InChI is InChI=1S/C7H11NO2/c1-10-7(9)8-6-4-2-5(6)3-4/h4-6H,2-3H2,1H3,(H,8,9). The number of carbonyl (C=O) groups is 1. The molecule has 0 saturated heterocycles. The van der Waals surface area contributed by atoms with E-state index in [9.17, 15) is 4.79 Å². The quantitative estimate of drug-likeness (QED) is 0.585. The highest BCUT2D eigenvalue weighted by molar-refractivity contribution is 5.67. The number of hydrogen-bond acceptors (Lipinski definition) is 2. The normalized spacial score (nSPS) is 41.1. The predicted molar refractivity (Wildman–Crippen MR) is 35.5 cm³/mol. The SMILES string of the molecule is COC(=O)NC1C2CC1C2. The van der Waals surface area contributed by atoms with Crippen LogP contribution in [0.2, 0.25) is 0 Å². The number of rotatable bonds is 1. The van der Waals surface area contributed by atoms with E-state index in [1.165, 1.54) is 20.0 Å². The van der Waals surface area contributed by atoms with Crippen LogP contribution in [-0.4, -0.2) is 19.2 Å². The minimum atomic E-state index is -0.278. The predicted octanol–water partition coefficient (Wildman–Crippen LogP) is 0.751. The highest BCUT2D eigenvalue weighted by Crippen LogP contribution is 2.53. The molecule has 0 spiro atoms. The fourth-order valence-corrected chi connectivity index (χ4v) is 1.72. The summed E-state index contributed by atoms with van der Waals surface area (Å²) in [7, 11) is 1.40. The molecular formula is C7H11NO2. The van der Waals surface area contributed by atoms with Gasteiger partial charge in [-0.1, -0.05) is 0 Å². The van der Waals surface area contributed by atoms with Crippen molar-refractivity contribution in [3.8, 4) is 0 Å². The van der Waals surface area contributed by atoms with Crippen LogP contribution in [0, 0.1) is 11.8 Å². The van der Waals surface area contributed by atoms with Gasteiger partial charge in [-0.3, -0.25) is 0 Å². The molecular weight excluding hydrogens is 130 g/mol. The molecule has 3 aliphatic carbocycles. The Morgan fingerprint density at radius 2 is 2.10 bits per heavy atom. The van der Waals surface area contributed by atoms with Gasteiger partial charge in [-0.2, -0.15) is 0 Å². The van der Waals surface area contributed by atoms with Gasteiger partial charge in [-0.25, -0.2) is 4.79 Å². The molecule has 0 heterocycles.